The molecule has 0 radical (unpaired) electrons. The minimum atomic E-state index is -0.697. The highest BCUT2D eigenvalue weighted by atomic mass is 35.5. The summed E-state index contributed by atoms with van der Waals surface area (Å²) >= 11 is 12.0. The fourth-order valence-electron chi connectivity index (χ4n) is 2.87. The van der Waals surface area contributed by atoms with Gasteiger partial charge in [-0.05, 0) is 48.4 Å². The van der Waals surface area contributed by atoms with Gasteiger partial charge >= 0.3 is 12.0 Å². The molecule has 1 saturated heterocycles. The van der Waals surface area contributed by atoms with Crippen LogP contribution in [0.2, 0.25) is 10.0 Å². The number of methoxy groups -OCH3 is 1. The summed E-state index contributed by atoms with van der Waals surface area (Å²) in [5.41, 5.74) is 1.46. The summed E-state index contributed by atoms with van der Waals surface area (Å²) < 4.78 is 16.0. The quantitative estimate of drug-likeness (QED) is 0.349. The number of halogens is 2. The van der Waals surface area contributed by atoms with E-state index in [-0.39, 0.29) is 12.3 Å². The van der Waals surface area contributed by atoms with Crippen molar-refractivity contribution in [1.29, 1.82) is 0 Å². The van der Waals surface area contributed by atoms with Crippen molar-refractivity contribution in [3.8, 4) is 11.5 Å². The summed E-state index contributed by atoms with van der Waals surface area (Å²) in [6.45, 7) is 2.00. The van der Waals surface area contributed by atoms with Gasteiger partial charge in [0.1, 0.15) is 18.8 Å². The zero-order valence-electron chi connectivity index (χ0n) is 17.3. The smallest absolute Gasteiger partial charge is 0.329 e. The standard InChI is InChI=1S/C22H20Cl2N2O6/c1-3-31-19-10-13(9-17-21(28)26(22(29)25-17)11-20(27)30-2)5-7-18(19)32-12-14-4-6-15(23)16(24)8-14/h4-10H,3,11-12H2,1-2H3,(H,25,29)/b17-9+. The van der Waals surface area contributed by atoms with Crippen LogP contribution in [0.3, 0.4) is 0 Å². The van der Waals surface area contributed by atoms with Crippen LogP contribution < -0.4 is 14.8 Å². The van der Waals surface area contributed by atoms with Crippen LogP contribution in [0.25, 0.3) is 6.08 Å². The Labute approximate surface area is 194 Å². The van der Waals surface area contributed by atoms with Crippen molar-refractivity contribution in [3.05, 3.63) is 63.3 Å². The van der Waals surface area contributed by atoms with E-state index in [0.717, 1.165) is 10.5 Å². The predicted molar refractivity (Wildman–Crippen MR) is 119 cm³/mol. The zero-order valence-corrected chi connectivity index (χ0v) is 18.8. The maximum atomic E-state index is 12.5. The number of benzene rings is 2. The van der Waals surface area contributed by atoms with Gasteiger partial charge in [0.05, 0.1) is 23.8 Å². The number of rotatable bonds is 8. The van der Waals surface area contributed by atoms with E-state index in [9.17, 15) is 14.4 Å². The molecule has 1 fully saturated rings. The van der Waals surface area contributed by atoms with Crippen LogP contribution in [-0.4, -0.2) is 43.1 Å². The molecule has 10 heteroatoms. The van der Waals surface area contributed by atoms with Crippen molar-refractivity contribution >= 4 is 47.2 Å². The van der Waals surface area contributed by atoms with Crippen LogP contribution in [0.4, 0.5) is 4.79 Å². The monoisotopic (exact) mass is 478 g/mol. The van der Waals surface area contributed by atoms with E-state index in [4.69, 9.17) is 32.7 Å². The normalized spacial score (nSPS) is 14.5. The lowest BCUT2D eigenvalue weighted by atomic mass is 10.1. The Morgan fingerprint density at radius 2 is 1.84 bits per heavy atom. The van der Waals surface area contributed by atoms with Gasteiger partial charge in [-0.1, -0.05) is 35.3 Å². The summed E-state index contributed by atoms with van der Waals surface area (Å²) in [7, 11) is 1.18. The third kappa shape index (κ3) is 5.52. The number of esters is 1. The highest BCUT2D eigenvalue weighted by molar-refractivity contribution is 6.42. The third-order valence-electron chi connectivity index (χ3n) is 4.43. The fourth-order valence-corrected chi connectivity index (χ4v) is 3.19. The fraction of sp³-hybridized carbons (Fsp3) is 0.227. The Morgan fingerprint density at radius 3 is 2.53 bits per heavy atom. The Bertz CT molecular complexity index is 1090. The molecule has 2 aromatic carbocycles. The molecule has 1 aliphatic heterocycles. The van der Waals surface area contributed by atoms with E-state index >= 15 is 0 Å². The largest absolute Gasteiger partial charge is 0.490 e. The molecule has 3 amide bonds. The van der Waals surface area contributed by atoms with Gasteiger partial charge in [0.25, 0.3) is 5.91 Å². The molecule has 3 rings (SSSR count). The average molecular weight is 479 g/mol. The highest BCUT2D eigenvalue weighted by Crippen LogP contribution is 2.31. The lowest BCUT2D eigenvalue weighted by Gasteiger charge is -2.13. The zero-order chi connectivity index (χ0) is 23.3. The maximum absolute atomic E-state index is 12.5. The summed E-state index contributed by atoms with van der Waals surface area (Å²) in [5.74, 6) is -0.366. The van der Waals surface area contributed by atoms with E-state index in [1.165, 1.54) is 13.2 Å². The minimum absolute atomic E-state index is 0.0332. The number of hydrogen-bond donors (Lipinski definition) is 1. The molecule has 0 saturated carbocycles. The minimum Gasteiger partial charge on any atom is -0.490 e. The third-order valence-corrected chi connectivity index (χ3v) is 5.17. The van der Waals surface area contributed by atoms with Crippen LogP contribution in [0, 0.1) is 0 Å². The topological polar surface area (TPSA) is 94.2 Å². The van der Waals surface area contributed by atoms with E-state index in [1.807, 2.05) is 13.0 Å². The molecule has 1 aliphatic rings. The number of nitrogens with one attached hydrogen (secondary N) is 1. The Morgan fingerprint density at radius 1 is 1.06 bits per heavy atom. The Balaban J connectivity index is 1.78. The van der Waals surface area contributed by atoms with Crippen LogP contribution in [0.5, 0.6) is 11.5 Å². The van der Waals surface area contributed by atoms with Crippen molar-refractivity contribution < 1.29 is 28.6 Å². The van der Waals surface area contributed by atoms with Crippen LogP contribution in [0.15, 0.2) is 42.1 Å². The van der Waals surface area contributed by atoms with Crippen molar-refractivity contribution in [2.75, 3.05) is 20.3 Å². The highest BCUT2D eigenvalue weighted by Gasteiger charge is 2.35. The second-order valence-electron chi connectivity index (χ2n) is 6.63. The van der Waals surface area contributed by atoms with Crippen LogP contribution in [0.1, 0.15) is 18.1 Å². The average Bonchev–Trinajstić information content (AvgIpc) is 3.03. The lowest BCUT2D eigenvalue weighted by Crippen LogP contribution is -2.36. The number of ether oxygens (including phenoxy) is 3. The molecule has 0 bridgehead atoms. The first-order valence-electron chi connectivity index (χ1n) is 9.57. The number of carbonyl (C=O) groups is 3. The number of amides is 3. The molecule has 32 heavy (non-hydrogen) atoms. The molecular weight excluding hydrogens is 459 g/mol. The van der Waals surface area contributed by atoms with Gasteiger partial charge in [-0.15, -0.1) is 0 Å². The van der Waals surface area contributed by atoms with Gasteiger partial charge < -0.3 is 19.5 Å². The molecule has 1 heterocycles. The molecule has 168 valence electrons. The van der Waals surface area contributed by atoms with Gasteiger partial charge in [0, 0.05) is 0 Å². The van der Waals surface area contributed by atoms with E-state index in [2.05, 4.69) is 10.1 Å². The SMILES string of the molecule is CCOc1cc(/C=C2/NC(=O)N(CC(=O)OC)C2=O)ccc1OCc1ccc(Cl)c(Cl)c1. The van der Waals surface area contributed by atoms with E-state index < -0.39 is 24.5 Å². The van der Waals surface area contributed by atoms with Crippen molar-refractivity contribution in [2.24, 2.45) is 0 Å². The summed E-state index contributed by atoms with van der Waals surface area (Å²) in [6, 6.07) is 9.61. The van der Waals surface area contributed by atoms with Gasteiger partial charge in [-0.25, -0.2) is 9.69 Å². The first-order valence-corrected chi connectivity index (χ1v) is 10.3. The molecule has 0 spiro atoms. The molecule has 0 unspecified atom stereocenters. The van der Waals surface area contributed by atoms with Gasteiger partial charge in [0.2, 0.25) is 0 Å². The number of imide groups is 1. The first-order chi connectivity index (χ1) is 15.3. The maximum Gasteiger partial charge on any atom is 0.329 e. The molecule has 1 N–H and O–H groups in total. The second kappa shape index (κ2) is 10.4. The van der Waals surface area contributed by atoms with Gasteiger partial charge in [-0.2, -0.15) is 0 Å². The lowest BCUT2D eigenvalue weighted by molar-refractivity contribution is -0.143. The van der Waals surface area contributed by atoms with Crippen molar-refractivity contribution in [2.45, 2.75) is 13.5 Å². The van der Waals surface area contributed by atoms with Crippen molar-refractivity contribution in [1.82, 2.24) is 10.2 Å². The Hall–Kier alpha value is -3.23. The summed E-state index contributed by atoms with van der Waals surface area (Å²) in [6.07, 6.45) is 1.49. The first kappa shape index (κ1) is 23.4. The number of nitrogens with zero attached hydrogens (tertiary/aromatic N) is 1. The van der Waals surface area contributed by atoms with Crippen molar-refractivity contribution in [3.63, 3.8) is 0 Å². The van der Waals surface area contributed by atoms with Gasteiger partial charge in [-0.3, -0.25) is 9.59 Å². The van der Waals surface area contributed by atoms with Crippen LogP contribution >= 0.6 is 23.2 Å². The molecule has 0 aliphatic carbocycles. The number of hydrogen-bond acceptors (Lipinski definition) is 6. The summed E-state index contributed by atoms with van der Waals surface area (Å²) in [4.78, 5) is 36.6. The van der Waals surface area contributed by atoms with E-state index in [0.29, 0.717) is 33.7 Å². The molecule has 0 aromatic heterocycles. The summed E-state index contributed by atoms with van der Waals surface area (Å²) in [5, 5.41) is 3.34. The molecule has 0 atom stereocenters. The van der Waals surface area contributed by atoms with E-state index in [1.54, 1.807) is 30.3 Å². The van der Waals surface area contributed by atoms with Crippen LogP contribution in [-0.2, 0) is 20.9 Å². The second-order valence-corrected chi connectivity index (χ2v) is 7.45. The van der Waals surface area contributed by atoms with Gasteiger partial charge in [0.15, 0.2) is 11.5 Å². The molecule has 2 aromatic rings. The number of carbonyl (C=O) groups excluding carboxylic acids is 3. The Kier molecular flexibility index (Phi) is 7.61. The number of urea groups is 1. The molecular formula is C22H20Cl2N2O6. The molecule has 8 nitrogen and oxygen atoms in total. The predicted octanol–water partition coefficient (Wildman–Crippen LogP) is 4.04.